The van der Waals surface area contributed by atoms with Crippen molar-refractivity contribution in [3.63, 3.8) is 0 Å². The summed E-state index contributed by atoms with van der Waals surface area (Å²) in [7, 11) is 2.24. The summed E-state index contributed by atoms with van der Waals surface area (Å²) in [6.45, 7) is 6.81. The number of fused-ring (bicyclic) bond motifs is 1. The molecule has 0 aromatic rings. The van der Waals surface area contributed by atoms with Gasteiger partial charge in [-0.2, -0.15) is 0 Å². The van der Waals surface area contributed by atoms with Gasteiger partial charge >= 0.3 is 0 Å². The van der Waals surface area contributed by atoms with Crippen LogP contribution in [0.2, 0.25) is 0 Å². The number of ether oxygens (including phenoxy) is 2. The molecular weight excluding hydrogens is 574 g/mol. The van der Waals surface area contributed by atoms with Crippen LogP contribution in [0.25, 0.3) is 0 Å². The zero-order chi connectivity index (χ0) is 33.5. The van der Waals surface area contributed by atoms with Crippen molar-refractivity contribution in [2.75, 3.05) is 20.1 Å². The molecule has 2 atom stereocenters. The van der Waals surface area contributed by atoms with Gasteiger partial charge in [-0.05, 0) is 96.9 Å². The molecule has 0 amide bonds. The van der Waals surface area contributed by atoms with Crippen LogP contribution in [0.3, 0.4) is 0 Å². The van der Waals surface area contributed by atoms with Gasteiger partial charge in [0.25, 0.3) is 0 Å². The fourth-order valence-electron chi connectivity index (χ4n) is 7.15. The normalized spacial score (nSPS) is 22.4. The van der Waals surface area contributed by atoms with Gasteiger partial charge < -0.3 is 14.4 Å². The highest BCUT2D eigenvalue weighted by Crippen LogP contribution is 2.40. The Morgan fingerprint density at radius 1 is 0.468 bits per heavy atom. The molecule has 47 heavy (non-hydrogen) atoms. The predicted octanol–water partition coefficient (Wildman–Crippen LogP) is 13.6. The van der Waals surface area contributed by atoms with Crippen LogP contribution < -0.4 is 0 Å². The maximum atomic E-state index is 6.86. The molecule has 0 aromatic carbocycles. The molecule has 0 N–H and O–H groups in total. The molecule has 2 rings (SSSR count). The third kappa shape index (κ3) is 22.2. The lowest BCUT2D eigenvalue weighted by Gasteiger charge is -2.29. The quantitative estimate of drug-likeness (QED) is 0.0569. The maximum absolute atomic E-state index is 6.86. The number of rotatable bonds is 30. The minimum Gasteiger partial charge on any atom is -0.344 e. The van der Waals surface area contributed by atoms with Crippen molar-refractivity contribution in [2.45, 2.75) is 212 Å². The largest absolute Gasteiger partial charge is 0.344 e. The lowest BCUT2D eigenvalue weighted by molar-refractivity contribution is -0.188. The summed E-state index contributed by atoms with van der Waals surface area (Å²) in [5.74, 6) is -0.310. The van der Waals surface area contributed by atoms with Crippen LogP contribution in [-0.4, -0.2) is 43.0 Å². The summed E-state index contributed by atoms with van der Waals surface area (Å²) >= 11 is 0. The van der Waals surface area contributed by atoms with Crippen molar-refractivity contribution < 1.29 is 9.47 Å². The molecule has 2 saturated heterocycles. The third-order valence-corrected chi connectivity index (χ3v) is 10.3. The Morgan fingerprint density at radius 2 is 0.809 bits per heavy atom. The van der Waals surface area contributed by atoms with E-state index < -0.39 is 0 Å². The van der Waals surface area contributed by atoms with E-state index in [4.69, 9.17) is 9.47 Å². The molecule has 3 heteroatoms. The molecule has 0 spiro atoms. The third-order valence-electron chi connectivity index (χ3n) is 10.3. The average Bonchev–Trinajstić information content (AvgIpc) is 3.34. The minimum atomic E-state index is -0.310. The Labute approximate surface area is 294 Å². The summed E-state index contributed by atoms with van der Waals surface area (Å²) < 4.78 is 13.7. The Kier molecular flexibility index (Phi) is 26.6. The lowest BCUT2D eigenvalue weighted by atomic mass is 9.98. The van der Waals surface area contributed by atoms with Crippen LogP contribution in [0.15, 0.2) is 48.6 Å². The zero-order valence-electron chi connectivity index (χ0n) is 31.8. The van der Waals surface area contributed by atoms with E-state index in [0.29, 0.717) is 12.2 Å². The summed E-state index contributed by atoms with van der Waals surface area (Å²) in [4.78, 5) is 2.44. The van der Waals surface area contributed by atoms with Crippen molar-refractivity contribution >= 4 is 0 Å². The fourth-order valence-corrected chi connectivity index (χ4v) is 7.15. The average molecular weight is 654 g/mol. The van der Waals surface area contributed by atoms with Gasteiger partial charge in [-0.15, -0.1) is 0 Å². The molecule has 2 unspecified atom stereocenters. The van der Waals surface area contributed by atoms with Crippen molar-refractivity contribution in [3.8, 4) is 0 Å². The first kappa shape index (κ1) is 42.0. The van der Waals surface area contributed by atoms with Crippen LogP contribution >= 0.6 is 0 Å². The number of hydrogen-bond donors (Lipinski definition) is 0. The van der Waals surface area contributed by atoms with E-state index in [-0.39, 0.29) is 5.79 Å². The van der Waals surface area contributed by atoms with Crippen molar-refractivity contribution in [3.05, 3.63) is 48.6 Å². The molecule has 0 aliphatic carbocycles. The van der Waals surface area contributed by atoms with Gasteiger partial charge in [0, 0.05) is 25.9 Å². The molecule has 272 valence electrons. The van der Waals surface area contributed by atoms with Crippen LogP contribution in [0.1, 0.15) is 194 Å². The second kappa shape index (κ2) is 29.7. The standard InChI is InChI=1S/C44H79NO2/c1-4-6-8-10-12-14-16-18-20-22-24-26-28-30-32-34-38-44(46-42-36-40-45(3)41-37-43(42)47-44)39-35-33-31-29-27-25-23-21-19-17-15-13-11-9-7-5-2/h12-15,18-21,42-43H,4-11,16-17,22-41H2,1-3H3. The predicted molar refractivity (Wildman–Crippen MR) is 207 cm³/mol. The van der Waals surface area contributed by atoms with E-state index >= 15 is 0 Å². The molecule has 0 saturated carbocycles. The van der Waals surface area contributed by atoms with E-state index in [2.05, 4.69) is 74.4 Å². The van der Waals surface area contributed by atoms with Gasteiger partial charge in [-0.3, -0.25) is 0 Å². The second-order valence-electron chi connectivity index (χ2n) is 14.8. The van der Waals surface area contributed by atoms with Gasteiger partial charge in [0.1, 0.15) is 0 Å². The summed E-state index contributed by atoms with van der Waals surface area (Å²) in [6.07, 6.45) is 55.0. The number of allylic oxidation sites excluding steroid dienone is 8. The van der Waals surface area contributed by atoms with E-state index in [1.54, 1.807) is 0 Å². The molecule has 2 aliphatic rings. The van der Waals surface area contributed by atoms with Crippen molar-refractivity contribution in [1.29, 1.82) is 0 Å². The fraction of sp³-hybridized carbons (Fsp3) is 0.818. The van der Waals surface area contributed by atoms with Crippen molar-refractivity contribution in [1.82, 2.24) is 4.90 Å². The van der Waals surface area contributed by atoms with E-state index in [1.807, 2.05) is 0 Å². The Hall–Kier alpha value is -1.16. The van der Waals surface area contributed by atoms with Crippen LogP contribution in [0.4, 0.5) is 0 Å². The first-order valence-electron chi connectivity index (χ1n) is 20.8. The molecular formula is C44H79NO2. The number of unbranched alkanes of at least 4 members (excludes halogenated alkanes) is 18. The van der Waals surface area contributed by atoms with Gasteiger partial charge in [-0.25, -0.2) is 0 Å². The van der Waals surface area contributed by atoms with Gasteiger partial charge in [0.2, 0.25) is 0 Å². The highest BCUT2D eigenvalue weighted by molar-refractivity contribution is 4.94. The summed E-state index contributed by atoms with van der Waals surface area (Å²) in [5, 5.41) is 0. The summed E-state index contributed by atoms with van der Waals surface area (Å²) in [6, 6.07) is 0. The minimum absolute atomic E-state index is 0.300. The van der Waals surface area contributed by atoms with Gasteiger partial charge in [-0.1, -0.05) is 140 Å². The number of hydrogen-bond acceptors (Lipinski definition) is 3. The van der Waals surface area contributed by atoms with E-state index in [0.717, 1.165) is 51.6 Å². The smallest absolute Gasteiger partial charge is 0.169 e. The molecule has 0 aromatic heterocycles. The van der Waals surface area contributed by atoms with Gasteiger partial charge in [0.15, 0.2) is 5.79 Å². The van der Waals surface area contributed by atoms with Crippen LogP contribution in [-0.2, 0) is 9.47 Å². The zero-order valence-corrected chi connectivity index (χ0v) is 31.8. The SMILES string of the molecule is CCCCCC=CCC=CCCCCCCCCC1(CCCCCCCCC=CCC=CCCCCC)OC2CCN(C)CCC2O1. The Morgan fingerprint density at radius 3 is 1.19 bits per heavy atom. The van der Waals surface area contributed by atoms with Gasteiger partial charge in [0.05, 0.1) is 12.2 Å². The molecule has 2 aliphatic heterocycles. The molecule has 2 fully saturated rings. The topological polar surface area (TPSA) is 21.7 Å². The maximum Gasteiger partial charge on any atom is 0.169 e. The summed E-state index contributed by atoms with van der Waals surface area (Å²) in [5.41, 5.74) is 0. The molecule has 0 radical (unpaired) electrons. The first-order valence-corrected chi connectivity index (χ1v) is 20.8. The molecule has 3 nitrogen and oxygen atoms in total. The monoisotopic (exact) mass is 654 g/mol. The highest BCUT2D eigenvalue weighted by Gasteiger charge is 2.47. The van der Waals surface area contributed by atoms with Crippen LogP contribution in [0.5, 0.6) is 0 Å². The molecule has 2 heterocycles. The van der Waals surface area contributed by atoms with Crippen molar-refractivity contribution in [2.24, 2.45) is 0 Å². The van der Waals surface area contributed by atoms with Crippen LogP contribution in [0, 0.1) is 0 Å². The first-order chi connectivity index (χ1) is 23.2. The van der Waals surface area contributed by atoms with E-state index in [9.17, 15) is 0 Å². The molecule has 0 bridgehead atoms. The highest BCUT2D eigenvalue weighted by atomic mass is 16.8. The second-order valence-corrected chi connectivity index (χ2v) is 14.8. The Balaban J connectivity index is 1.56. The number of nitrogens with zero attached hydrogens (tertiary/aromatic N) is 1. The number of likely N-dealkylation sites (tertiary alicyclic amines) is 1. The van der Waals surface area contributed by atoms with E-state index in [1.165, 1.54) is 141 Å². The lowest BCUT2D eigenvalue weighted by Crippen LogP contribution is -2.32. The Bertz CT molecular complexity index is 748.